The van der Waals surface area contributed by atoms with Gasteiger partial charge in [0.2, 0.25) is 0 Å². The summed E-state index contributed by atoms with van der Waals surface area (Å²) in [6, 6.07) is 8.45. The van der Waals surface area contributed by atoms with Gasteiger partial charge in [-0.3, -0.25) is 0 Å². The molecule has 100 valence electrons. The first-order valence-corrected chi connectivity index (χ1v) is 5.87. The summed E-state index contributed by atoms with van der Waals surface area (Å²) in [6.45, 7) is 0. The van der Waals surface area contributed by atoms with Gasteiger partial charge in [0.25, 0.3) is 0 Å². The Morgan fingerprint density at radius 1 is 1.10 bits per heavy atom. The van der Waals surface area contributed by atoms with Crippen LogP contribution >= 0.6 is 0 Å². The third-order valence-corrected chi connectivity index (χ3v) is 2.81. The highest BCUT2D eigenvalue weighted by molar-refractivity contribution is 5.72. The van der Waals surface area contributed by atoms with Crippen molar-refractivity contribution in [3.8, 4) is 17.1 Å². The SMILES string of the molecule is Nc1cn(-c2ccccn2)nc1-c1cc(F)ccc1F. The fourth-order valence-electron chi connectivity index (χ4n) is 1.88. The number of hydrogen-bond donors (Lipinski definition) is 1. The van der Waals surface area contributed by atoms with Gasteiger partial charge in [0.15, 0.2) is 5.82 Å². The van der Waals surface area contributed by atoms with Crippen LogP contribution in [0.15, 0.2) is 48.8 Å². The molecule has 20 heavy (non-hydrogen) atoms. The summed E-state index contributed by atoms with van der Waals surface area (Å²) >= 11 is 0. The maximum absolute atomic E-state index is 13.8. The van der Waals surface area contributed by atoms with Gasteiger partial charge in [0.1, 0.15) is 17.3 Å². The number of halogens is 2. The smallest absolute Gasteiger partial charge is 0.153 e. The van der Waals surface area contributed by atoms with E-state index in [-0.39, 0.29) is 16.9 Å². The first-order chi connectivity index (χ1) is 9.65. The minimum absolute atomic E-state index is 0.0252. The van der Waals surface area contributed by atoms with Gasteiger partial charge in [-0.15, -0.1) is 0 Å². The van der Waals surface area contributed by atoms with Crippen molar-refractivity contribution in [2.75, 3.05) is 5.73 Å². The second kappa shape index (κ2) is 4.73. The third-order valence-electron chi connectivity index (χ3n) is 2.81. The van der Waals surface area contributed by atoms with Crippen molar-refractivity contribution in [1.29, 1.82) is 0 Å². The number of pyridine rings is 1. The molecule has 2 heterocycles. The van der Waals surface area contributed by atoms with Crippen LogP contribution in [0.3, 0.4) is 0 Å². The van der Waals surface area contributed by atoms with Gasteiger partial charge in [0.05, 0.1) is 11.9 Å². The summed E-state index contributed by atoms with van der Waals surface area (Å²) in [7, 11) is 0. The Kier molecular flexibility index (Phi) is 2.90. The lowest BCUT2D eigenvalue weighted by molar-refractivity contribution is 0.602. The van der Waals surface area contributed by atoms with Crippen molar-refractivity contribution in [1.82, 2.24) is 14.8 Å². The van der Waals surface area contributed by atoms with Crippen molar-refractivity contribution in [2.45, 2.75) is 0 Å². The van der Waals surface area contributed by atoms with Gasteiger partial charge in [-0.2, -0.15) is 5.10 Å². The predicted octanol–water partition coefficient (Wildman–Crippen LogP) is 2.79. The molecule has 0 aliphatic carbocycles. The molecule has 0 unspecified atom stereocenters. The van der Waals surface area contributed by atoms with Gasteiger partial charge < -0.3 is 5.73 Å². The summed E-state index contributed by atoms with van der Waals surface area (Å²) in [4.78, 5) is 4.11. The van der Waals surface area contributed by atoms with Crippen LogP contribution < -0.4 is 5.73 Å². The van der Waals surface area contributed by atoms with E-state index in [1.165, 1.54) is 10.9 Å². The van der Waals surface area contributed by atoms with E-state index in [2.05, 4.69) is 10.1 Å². The molecular formula is C14H10F2N4. The van der Waals surface area contributed by atoms with Crippen LogP contribution in [0.2, 0.25) is 0 Å². The zero-order valence-electron chi connectivity index (χ0n) is 10.3. The molecule has 0 saturated carbocycles. The van der Waals surface area contributed by atoms with E-state index in [1.54, 1.807) is 24.4 Å². The zero-order chi connectivity index (χ0) is 14.1. The molecule has 0 radical (unpaired) electrons. The summed E-state index contributed by atoms with van der Waals surface area (Å²) in [5.74, 6) is -0.584. The van der Waals surface area contributed by atoms with E-state index >= 15 is 0 Å². The molecule has 0 amide bonds. The molecular weight excluding hydrogens is 262 g/mol. The topological polar surface area (TPSA) is 56.7 Å². The number of hydrogen-bond acceptors (Lipinski definition) is 3. The Bertz CT molecular complexity index is 753. The van der Waals surface area contributed by atoms with Crippen LogP contribution in [-0.4, -0.2) is 14.8 Å². The molecule has 0 aliphatic heterocycles. The number of nitrogen functional groups attached to an aromatic ring is 1. The lowest BCUT2D eigenvalue weighted by Crippen LogP contribution is -1.97. The standard InChI is InChI=1S/C14H10F2N4/c15-9-4-5-11(16)10(7-9)14-12(17)8-20(19-14)13-3-1-2-6-18-13/h1-8H,17H2. The predicted molar refractivity (Wildman–Crippen MR) is 71.1 cm³/mol. The number of aromatic nitrogens is 3. The lowest BCUT2D eigenvalue weighted by Gasteiger charge is -2.01. The molecule has 4 nitrogen and oxygen atoms in total. The zero-order valence-corrected chi connectivity index (χ0v) is 10.3. The molecule has 2 aromatic heterocycles. The summed E-state index contributed by atoms with van der Waals surface area (Å²) in [5.41, 5.74) is 6.29. The quantitative estimate of drug-likeness (QED) is 0.780. The lowest BCUT2D eigenvalue weighted by atomic mass is 10.1. The number of nitrogens with two attached hydrogens (primary N) is 1. The van der Waals surface area contributed by atoms with Crippen LogP contribution in [0.5, 0.6) is 0 Å². The Morgan fingerprint density at radius 2 is 1.95 bits per heavy atom. The normalized spacial score (nSPS) is 10.7. The molecule has 0 saturated heterocycles. The molecule has 3 rings (SSSR count). The molecule has 0 fully saturated rings. The van der Waals surface area contributed by atoms with Crippen LogP contribution in [0.4, 0.5) is 14.5 Å². The van der Waals surface area contributed by atoms with E-state index in [4.69, 9.17) is 5.73 Å². The number of nitrogens with zero attached hydrogens (tertiary/aromatic N) is 3. The van der Waals surface area contributed by atoms with E-state index in [0.717, 1.165) is 18.2 Å². The average Bonchev–Trinajstić information content (AvgIpc) is 2.84. The molecule has 0 spiro atoms. The second-order valence-corrected chi connectivity index (χ2v) is 4.19. The molecule has 1 aromatic carbocycles. The van der Waals surface area contributed by atoms with Gasteiger partial charge in [-0.25, -0.2) is 18.4 Å². The fraction of sp³-hybridized carbons (Fsp3) is 0. The highest BCUT2D eigenvalue weighted by atomic mass is 19.1. The maximum Gasteiger partial charge on any atom is 0.153 e. The Balaban J connectivity index is 2.12. The van der Waals surface area contributed by atoms with E-state index < -0.39 is 11.6 Å². The molecule has 2 N–H and O–H groups in total. The van der Waals surface area contributed by atoms with Crippen molar-refractivity contribution < 1.29 is 8.78 Å². The van der Waals surface area contributed by atoms with E-state index in [9.17, 15) is 8.78 Å². The average molecular weight is 272 g/mol. The Hall–Kier alpha value is -2.76. The van der Waals surface area contributed by atoms with Crippen molar-refractivity contribution in [3.05, 3.63) is 60.4 Å². The van der Waals surface area contributed by atoms with Gasteiger partial charge in [-0.1, -0.05) is 6.07 Å². The first kappa shape index (κ1) is 12.3. The Morgan fingerprint density at radius 3 is 2.70 bits per heavy atom. The second-order valence-electron chi connectivity index (χ2n) is 4.19. The van der Waals surface area contributed by atoms with Gasteiger partial charge >= 0.3 is 0 Å². The highest BCUT2D eigenvalue weighted by Gasteiger charge is 2.14. The maximum atomic E-state index is 13.8. The van der Waals surface area contributed by atoms with Crippen molar-refractivity contribution in [3.63, 3.8) is 0 Å². The minimum atomic E-state index is -0.579. The van der Waals surface area contributed by atoms with Crippen LogP contribution in [0.25, 0.3) is 17.1 Å². The fourth-order valence-corrected chi connectivity index (χ4v) is 1.88. The molecule has 6 heteroatoms. The number of rotatable bonds is 2. The van der Waals surface area contributed by atoms with Crippen LogP contribution in [0, 0.1) is 11.6 Å². The molecule has 0 aliphatic rings. The summed E-state index contributed by atoms with van der Waals surface area (Å²) in [6.07, 6.45) is 3.12. The van der Waals surface area contributed by atoms with Crippen LogP contribution in [0.1, 0.15) is 0 Å². The van der Waals surface area contributed by atoms with E-state index in [1.807, 2.05) is 0 Å². The number of anilines is 1. The third kappa shape index (κ3) is 2.11. The van der Waals surface area contributed by atoms with Gasteiger partial charge in [-0.05, 0) is 30.3 Å². The van der Waals surface area contributed by atoms with Gasteiger partial charge in [0, 0.05) is 11.8 Å². The molecule has 3 aromatic rings. The van der Waals surface area contributed by atoms with E-state index in [0.29, 0.717) is 5.82 Å². The number of benzene rings is 1. The summed E-state index contributed by atoms with van der Waals surface area (Å²) < 4.78 is 28.4. The monoisotopic (exact) mass is 272 g/mol. The van der Waals surface area contributed by atoms with Crippen molar-refractivity contribution in [2.24, 2.45) is 0 Å². The molecule has 0 atom stereocenters. The largest absolute Gasteiger partial charge is 0.396 e. The minimum Gasteiger partial charge on any atom is -0.396 e. The molecule has 0 bridgehead atoms. The highest BCUT2D eigenvalue weighted by Crippen LogP contribution is 2.28. The Labute approximate surface area is 113 Å². The summed E-state index contributed by atoms with van der Waals surface area (Å²) in [5, 5.41) is 4.17. The first-order valence-electron chi connectivity index (χ1n) is 5.87. The van der Waals surface area contributed by atoms with Crippen LogP contribution in [-0.2, 0) is 0 Å². The van der Waals surface area contributed by atoms with Crippen molar-refractivity contribution >= 4 is 5.69 Å².